The molecule has 0 spiro atoms. The van der Waals surface area contributed by atoms with Crippen LogP contribution in [-0.2, 0) is 11.2 Å². The van der Waals surface area contributed by atoms with Crippen molar-refractivity contribution < 1.29 is 9.53 Å². The molecule has 0 heterocycles. The van der Waals surface area contributed by atoms with Crippen LogP contribution in [0.3, 0.4) is 0 Å². The van der Waals surface area contributed by atoms with Crippen LogP contribution in [0, 0.1) is 11.8 Å². The van der Waals surface area contributed by atoms with Crippen molar-refractivity contribution in [2.45, 2.75) is 77.5 Å². The summed E-state index contributed by atoms with van der Waals surface area (Å²) < 4.78 is 5.75. The molecule has 1 aliphatic carbocycles. The Labute approximate surface area is 163 Å². The third kappa shape index (κ3) is 6.50. The maximum absolute atomic E-state index is 12.7. The van der Waals surface area contributed by atoms with Gasteiger partial charge < -0.3 is 10.1 Å². The first-order valence-corrected chi connectivity index (χ1v) is 10.7. The van der Waals surface area contributed by atoms with Crippen molar-refractivity contribution in [2.24, 2.45) is 11.8 Å². The molecular weight excluding hydrogens is 346 g/mol. The van der Waals surface area contributed by atoms with Crippen LogP contribution in [0.5, 0.6) is 5.75 Å². The molecule has 1 aromatic carbocycles. The molecule has 3 nitrogen and oxygen atoms in total. The molecule has 1 fully saturated rings. The van der Waals surface area contributed by atoms with Gasteiger partial charge in [-0.05, 0) is 69.6 Å². The minimum absolute atomic E-state index is 0.0767. The number of carbonyl (C=O) groups excluding carboxylic acids is 1. The van der Waals surface area contributed by atoms with E-state index in [9.17, 15) is 4.79 Å². The van der Waals surface area contributed by atoms with E-state index < -0.39 is 0 Å². The van der Waals surface area contributed by atoms with E-state index in [-0.39, 0.29) is 17.2 Å². The van der Waals surface area contributed by atoms with Crippen LogP contribution >= 0.6 is 11.6 Å². The predicted octanol–water partition coefficient (Wildman–Crippen LogP) is 6.19. The minimum atomic E-state index is 0.0767. The lowest BCUT2D eigenvalue weighted by Gasteiger charge is -2.28. The lowest BCUT2D eigenvalue weighted by Crippen LogP contribution is -2.27. The van der Waals surface area contributed by atoms with Gasteiger partial charge in [-0.3, -0.25) is 4.79 Å². The highest BCUT2D eigenvalue weighted by Crippen LogP contribution is 2.34. The SMILES string of the molecule is CCCCC1CCC(C(=O)Nc2ccc(CC(C)Cl)cc2OCC)CC1. The molecule has 1 aliphatic rings. The highest BCUT2D eigenvalue weighted by molar-refractivity contribution is 6.20. The average molecular weight is 380 g/mol. The second-order valence-electron chi connectivity index (χ2n) is 7.60. The molecule has 0 saturated heterocycles. The standard InChI is InChI=1S/C22H34ClNO2/c1-4-6-7-17-8-11-19(12-9-17)22(25)24-20-13-10-18(14-16(3)23)15-21(20)26-5-2/h10,13,15-17,19H,4-9,11-12,14H2,1-3H3,(H,24,25). The van der Waals surface area contributed by atoms with Crippen molar-refractivity contribution in [3.05, 3.63) is 23.8 Å². The van der Waals surface area contributed by atoms with Gasteiger partial charge in [0.1, 0.15) is 5.75 Å². The van der Waals surface area contributed by atoms with Gasteiger partial charge in [0, 0.05) is 11.3 Å². The number of unbranched alkanes of at least 4 members (excludes halogenated alkanes) is 1. The van der Waals surface area contributed by atoms with E-state index >= 15 is 0 Å². The van der Waals surface area contributed by atoms with Crippen LogP contribution in [0.4, 0.5) is 5.69 Å². The average Bonchev–Trinajstić information content (AvgIpc) is 2.62. The molecule has 1 amide bonds. The van der Waals surface area contributed by atoms with Gasteiger partial charge in [-0.15, -0.1) is 11.6 Å². The molecule has 0 aromatic heterocycles. The van der Waals surface area contributed by atoms with Crippen molar-refractivity contribution in [1.29, 1.82) is 0 Å². The molecule has 1 aromatic rings. The van der Waals surface area contributed by atoms with Crippen molar-refractivity contribution in [1.82, 2.24) is 0 Å². The molecule has 0 aliphatic heterocycles. The Morgan fingerprint density at radius 2 is 2.00 bits per heavy atom. The highest BCUT2D eigenvalue weighted by atomic mass is 35.5. The van der Waals surface area contributed by atoms with Gasteiger partial charge in [-0.25, -0.2) is 0 Å². The van der Waals surface area contributed by atoms with E-state index in [1.165, 1.54) is 32.1 Å². The molecule has 2 rings (SSSR count). The lowest BCUT2D eigenvalue weighted by molar-refractivity contribution is -0.121. The zero-order chi connectivity index (χ0) is 18.9. The number of amides is 1. The molecule has 146 valence electrons. The summed E-state index contributed by atoms with van der Waals surface area (Å²) >= 11 is 6.10. The molecule has 4 heteroatoms. The summed E-state index contributed by atoms with van der Waals surface area (Å²) in [5.74, 6) is 1.82. The van der Waals surface area contributed by atoms with Gasteiger partial charge >= 0.3 is 0 Å². The quantitative estimate of drug-likeness (QED) is 0.519. The molecule has 0 bridgehead atoms. The molecule has 1 atom stereocenters. The Hall–Kier alpha value is -1.22. The third-order valence-corrected chi connectivity index (χ3v) is 5.46. The van der Waals surface area contributed by atoms with Crippen LogP contribution in [0.15, 0.2) is 18.2 Å². The van der Waals surface area contributed by atoms with Gasteiger partial charge in [0.2, 0.25) is 5.91 Å². The second-order valence-corrected chi connectivity index (χ2v) is 8.34. The number of rotatable bonds is 9. The Morgan fingerprint density at radius 3 is 2.62 bits per heavy atom. The van der Waals surface area contributed by atoms with Gasteiger partial charge in [0.05, 0.1) is 12.3 Å². The third-order valence-electron chi connectivity index (χ3n) is 5.30. The summed E-state index contributed by atoms with van der Waals surface area (Å²) in [7, 11) is 0. The van der Waals surface area contributed by atoms with Gasteiger partial charge in [0.15, 0.2) is 0 Å². The monoisotopic (exact) mass is 379 g/mol. The smallest absolute Gasteiger partial charge is 0.227 e. The summed E-state index contributed by atoms with van der Waals surface area (Å²) in [6.45, 7) is 6.76. The number of anilines is 1. The van der Waals surface area contributed by atoms with Gasteiger partial charge in [0.25, 0.3) is 0 Å². The first-order valence-electron chi connectivity index (χ1n) is 10.2. The van der Waals surface area contributed by atoms with E-state index in [1.54, 1.807) is 0 Å². The number of alkyl halides is 1. The zero-order valence-electron chi connectivity index (χ0n) is 16.5. The second kappa shape index (κ2) is 10.8. The Morgan fingerprint density at radius 1 is 1.27 bits per heavy atom. The zero-order valence-corrected chi connectivity index (χ0v) is 17.3. The fourth-order valence-corrected chi connectivity index (χ4v) is 4.02. The number of carbonyl (C=O) groups is 1. The Kier molecular flexibility index (Phi) is 8.77. The molecule has 1 saturated carbocycles. The summed E-state index contributed by atoms with van der Waals surface area (Å²) in [6, 6.07) is 5.97. The lowest BCUT2D eigenvalue weighted by atomic mass is 9.79. The van der Waals surface area contributed by atoms with E-state index in [2.05, 4.69) is 12.2 Å². The van der Waals surface area contributed by atoms with Crippen molar-refractivity contribution in [3.8, 4) is 5.75 Å². The fraction of sp³-hybridized carbons (Fsp3) is 0.682. The molecule has 1 unspecified atom stereocenters. The maximum atomic E-state index is 12.7. The first-order chi connectivity index (χ1) is 12.5. The van der Waals surface area contributed by atoms with Crippen LogP contribution in [0.1, 0.15) is 71.3 Å². The van der Waals surface area contributed by atoms with Crippen molar-refractivity contribution in [3.63, 3.8) is 0 Å². The summed E-state index contributed by atoms with van der Waals surface area (Å²) in [6.07, 6.45) is 9.06. The summed E-state index contributed by atoms with van der Waals surface area (Å²) in [5.41, 5.74) is 1.90. The van der Waals surface area contributed by atoms with Crippen LogP contribution < -0.4 is 10.1 Å². The largest absolute Gasteiger partial charge is 0.492 e. The number of halogens is 1. The number of nitrogens with one attached hydrogen (secondary N) is 1. The summed E-state index contributed by atoms with van der Waals surface area (Å²) in [5, 5.41) is 3.18. The first kappa shape index (κ1) is 21.1. The van der Waals surface area contributed by atoms with Gasteiger partial charge in [-0.1, -0.05) is 32.3 Å². The number of ether oxygens (including phenoxy) is 1. The number of hydrogen-bond donors (Lipinski definition) is 1. The number of benzene rings is 1. The topological polar surface area (TPSA) is 38.3 Å². The molecular formula is C22H34ClNO2. The van der Waals surface area contributed by atoms with E-state index in [1.807, 2.05) is 32.0 Å². The minimum Gasteiger partial charge on any atom is -0.492 e. The fourth-order valence-electron chi connectivity index (χ4n) is 3.84. The van der Waals surface area contributed by atoms with Crippen LogP contribution in [0.25, 0.3) is 0 Å². The van der Waals surface area contributed by atoms with E-state index in [4.69, 9.17) is 16.3 Å². The molecule has 1 N–H and O–H groups in total. The Bertz CT molecular complexity index is 565. The predicted molar refractivity (Wildman–Crippen MR) is 110 cm³/mol. The van der Waals surface area contributed by atoms with Crippen molar-refractivity contribution in [2.75, 3.05) is 11.9 Å². The highest BCUT2D eigenvalue weighted by Gasteiger charge is 2.26. The molecule has 26 heavy (non-hydrogen) atoms. The summed E-state index contributed by atoms with van der Waals surface area (Å²) in [4.78, 5) is 12.7. The van der Waals surface area contributed by atoms with Gasteiger partial charge in [-0.2, -0.15) is 0 Å². The number of hydrogen-bond acceptors (Lipinski definition) is 2. The maximum Gasteiger partial charge on any atom is 0.227 e. The molecule has 0 radical (unpaired) electrons. The normalized spacial score (nSPS) is 21.2. The van der Waals surface area contributed by atoms with E-state index in [0.29, 0.717) is 6.61 Å². The van der Waals surface area contributed by atoms with Crippen LogP contribution in [-0.4, -0.2) is 17.9 Å². The van der Waals surface area contributed by atoms with Crippen LogP contribution in [0.2, 0.25) is 0 Å². The Balaban J connectivity index is 1.95. The van der Waals surface area contributed by atoms with Crippen molar-refractivity contribution >= 4 is 23.2 Å². The van der Waals surface area contributed by atoms with E-state index in [0.717, 1.165) is 42.2 Å².